The van der Waals surface area contributed by atoms with E-state index in [1.165, 1.54) is 16.9 Å². The fourth-order valence-corrected chi connectivity index (χ4v) is 5.92. The topological polar surface area (TPSA) is 70.6 Å². The maximum Gasteiger partial charge on any atom is 0.229 e. The van der Waals surface area contributed by atoms with E-state index in [2.05, 4.69) is 37.8 Å². The summed E-state index contributed by atoms with van der Waals surface area (Å²) < 4.78 is 26.6. The third kappa shape index (κ3) is 7.01. The molecule has 2 aromatic carbocycles. The van der Waals surface area contributed by atoms with Crippen LogP contribution < -0.4 is 4.90 Å². The van der Waals surface area contributed by atoms with E-state index in [9.17, 15) is 13.2 Å². The van der Waals surface area contributed by atoms with E-state index in [1.807, 2.05) is 13.0 Å². The van der Waals surface area contributed by atoms with Crippen molar-refractivity contribution in [3.05, 3.63) is 53.6 Å². The Balaban J connectivity index is 0.00000408. The van der Waals surface area contributed by atoms with Crippen LogP contribution in [0.4, 0.5) is 5.13 Å². The molecule has 0 aliphatic carbocycles. The molecule has 0 saturated heterocycles. The average molecular weight is 524 g/mol. The number of anilines is 1. The molecule has 6 nitrogen and oxygen atoms in total. The highest BCUT2D eigenvalue weighted by molar-refractivity contribution is 7.91. The van der Waals surface area contributed by atoms with Gasteiger partial charge in [0.1, 0.15) is 0 Å². The van der Waals surface area contributed by atoms with Gasteiger partial charge < -0.3 is 4.90 Å². The summed E-state index contributed by atoms with van der Waals surface area (Å²) in [6, 6.07) is 12.9. The van der Waals surface area contributed by atoms with E-state index in [-0.39, 0.29) is 35.4 Å². The molecule has 0 unspecified atom stereocenters. The molecule has 0 aliphatic rings. The van der Waals surface area contributed by atoms with Gasteiger partial charge in [0.05, 0.1) is 20.9 Å². The summed E-state index contributed by atoms with van der Waals surface area (Å²) in [6.45, 7) is 11.2. The summed E-state index contributed by atoms with van der Waals surface area (Å²) in [7, 11) is -3.54. The zero-order valence-electron chi connectivity index (χ0n) is 20.3. The number of likely N-dealkylation sites (N-methyl/N-ethyl adjacent to an activating group) is 1. The zero-order chi connectivity index (χ0) is 24.0. The number of aromatic nitrogens is 1. The Hall–Kier alpha value is -2.00. The van der Waals surface area contributed by atoms with Gasteiger partial charge in [0.25, 0.3) is 0 Å². The van der Waals surface area contributed by atoms with Crippen molar-refractivity contribution in [2.75, 3.05) is 36.8 Å². The third-order valence-corrected chi connectivity index (χ3v) is 8.65. The van der Waals surface area contributed by atoms with Gasteiger partial charge in [-0.15, -0.1) is 12.4 Å². The summed E-state index contributed by atoms with van der Waals surface area (Å²) in [4.78, 5) is 22.1. The molecule has 0 N–H and O–H groups in total. The van der Waals surface area contributed by atoms with Crippen LogP contribution in [0.1, 0.15) is 38.3 Å². The second kappa shape index (κ2) is 12.6. The molecule has 3 aromatic rings. The molecule has 1 amide bonds. The van der Waals surface area contributed by atoms with Crippen LogP contribution in [0.5, 0.6) is 0 Å². The van der Waals surface area contributed by atoms with Crippen LogP contribution in [0.3, 0.4) is 0 Å². The fraction of sp³-hybridized carbons (Fsp3) is 0.440. The maximum atomic E-state index is 13.3. The molecule has 0 aliphatic heterocycles. The van der Waals surface area contributed by atoms with Gasteiger partial charge in [-0.2, -0.15) is 0 Å². The Bertz CT molecular complexity index is 1190. The Labute approximate surface area is 213 Å². The van der Waals surface area contributed by atoms with Crippen LogP contribution in [0.25, 0.3) is 10.2 Å². The lowest BCUT2D eigenvalue weighted by Gasteiger charge is -2.24. The first-order valence-electron chi connectivity index (χ1n) is 11.5. The van der Waals surface area contributed by atoms with Crippen molar-refractivity contribution >= 4 is 54.8 Å². The van der Waals surface area contributed by atoms with E-state index in [0.29, 0.717) is 18.2 Å². The van der Waals surface area contributed by atoms with Gasteiger partial charge >= 0.3 is 0 Å². The lowest BCUT2D eigenvalue weighted by molar-refractivity contribution is -0.118. The van der Waals surface area contributed by atoms with Crippen LogP contribution in [0.15, 0.2) is 47.4 Å². The fourth-order valence-electron chi connectivity index (χ4n) is 3.62. The summed E-state index contributed by atoms with van der Waals surface area (Å²) in [6.07, 6.45) is 0.856. The number of hydrogen-bond donors (Lipinski definition) is 0. The van der Waals surface area contributed by atoms with Crippen molar-refractivity contribution in [2.24, 2.45) is 0 Å². The Morgan fingerprint density at radius 2 is 1.68 bits per heavy atom. The molecule has 0 atom stereocenters. The van der Waals surface area contributed by atoms with Gasteiger partial charge in [0, 0.05) is 19.5 Å². The van der Waals surface area contributed by atoms with Crippen LogP contribution in [-0.2, 0) is 21.1 Å². The number of carbonyl (C=O) groups is 1. The largest absolute Gasteiger partial charge is 0.302 e. The van der Waals surface area contributed by atoms with Crippen molar-refractivity contribution in [1.82, 2.24) is 9.88 Å². The monoisotopic (exact) mass is 523 g/mol. The van der Waals surface area contributed by atoms with Gasteiger partial charge in [-0.25, -0.2) is 13.4 Å². The Kier molecular flexibility index (Phi) is 10.5. The van der Waals surface area contributed by atoms with E-state index < -0.39 is 9.84 Å². The van der Waals surface area contributed by atoms with Gasteiger partial charge in [-0.05, 0) is 56.3 Å². The molecule has 0 bridgehead atoms. The number of benzene rings is 2. The van der Waals surface area contributed by atoms with E-state index in [1.54, 1.807) is 29.2 Å². The van der Waals surface area contributed by atoms with Gasteiger partial charge in [0.2, 0.25) is 5.91 Å². The highest BCUT2D eigenvalue weighted by atomic mass is 35.5. The second-order valence-electron chi connectivity index (χ2n) is 8.11. The van der Waals surface area contributed by atoms with Crippen LogP contribution >= 0.6 is 23.7 Å². The minimum atomic E-state index is -3.54. The molecular formula is C25H34ClN3O3S2. The summed E-state index contributed by atoms with van der Waals surface area (Å²) in [5.74, 6) is -0.436. The number of hydrogen-bond acceptors (Lipinski definition) is 6. The number of halogens is 1. The normalized spacial score (nSPS) is 11.6. The third-order valence-electron chi connectivity index (χ3n) is 5.88. The molecule has 1 heterocycles. The van der Waals surface area contributed by atoms with Crippen LogP contribution in [0.2, 0.25) is 0 Å². The van der Waals surface area contributed by atoms with Crippen molar-refractivity contribution in [3.8, 4) is 0 Å². The molecule has 34 heavy (non-hydrogen) atoms. The molecule has 1 aromatic heterocycles. The van der Waals surface area contributed by atoms with E-state index >= 15 is 0 Å². The van der Waals surface area contributed by atoms with Crippen molar-refractivity contribution in [3.63, 3.8) is 0 Å². The highest BCUT2D eigenvalue weighted by Crippen LogP contribution is 2.30. The minimum absolute atomic E-state index is 0. The minimum Gasteiger partial charge on any atom is -0.302 e. The van der Waals surface area contributed by atoms with Crippen molar-refractivity contribution in [1.29, 1.82) is 0 Å². The number of carbonyl (C=O) groups excluding carboxylic acids is 1. The first kappa shape index (κ1) is 28.2. The summed E-state index contributed by atoms with van der Waals surface area (Å²) >= 11 is 1.49. The lowest BCUT2D eigenvalue weighted by Crippen LogP contribution is -2.39. The molecule has 9 heteroatoms. The molecular weight excluding hydrogens is 490 g/mol. The summed E-state index contributed by atoms with van der Waals surface area (Å²) in [5.41, 5.74) is 3.08. The van der Waals surface area contributed by atoms with Crippen molar-refractivity contribution in [2.45, 2.75) is 45.4 Å². The number of nitrogens with zero attached hydrogens (tertiary/aromatic N) is 3. The SMILES string of the molecule is CCc1ccc2nc(N(CCN(CC)CC)C(=O)CCS(=O)(=O)c3ccc(C)cc3)sc2c1.Cl. The Morgan fingerprint density at radius 1 is 1.00 bits per heavy atom. The van der Waals surface area contributed by atoms with Crippen molar-refractivity contribution < 1.29 is 13.2 Å². The van der Waals surface area contributed by atoms with E-state index in [4.69, 9.17) is 4.98 Å². The average Bonchev–Trinajstić information content (AvgIpc) is 3.23. The van der Waals surface area contributed by atoms with Gasteiger partial charge in [-0.1, -0.05) is 55.9 Å². The molecule has 186 valence electrons. The number of fused-ring (bicyclic) bond motifs is 1. The molecule has 3 rings (SSSR count). The van der Waals surface area contributed by atoms with Crippen LogP contribution in [0, 0.1) is 6.92 Å². The number of aryl methyl sites for hydroxylation is 2. The predicted molar refractivity (Wildman–Crippen MR) is 144 cm³/mol. The quantitative estimate of drug-likeness (QED) is 0.348. The molecule has 0 spiro atoms. The molecule has 0 radical (unpaired) electrons. The smallest absolute Gasteiger partial charge is 0.229 e. The lowest BCUT2D eigenvalue weighted by atomic mass is 10.2. The maximum absolute atomic E-state index is 13.3. The Morgan fingerprint density at radius 3 is 2.29 bits per heavy atom. The zero-order valence-corrected chi connectivity index (χ0v) is 22.7. The number of sulfone groups is 1. The second-order valence-corrected chi connectivity index (χ2v) is 11.2. The number of rotatable bonds is 11. The van der Waals surface area contributed by atoms with E-state index in [0.717, 1.165) is 35.3 Å². The predicted octanol–water partition coefficient (Wildman–Crippen LogP) is 5.13. The highest BCUT2D eigenvalue weighted by Gasteiger charge is 2.23. The van der Waals surface area contributed by atoms with Gasteiger partial charge in [-0.3, -0.25) is 9.69 Å². The summed E-state index contributed by atoms with van der Waals surface area (Å²) in [5, 5.41) is 0.628. The standard InChI is InChI=1S/C25H33N3O3S2.ClH/c1-5-20-10-13-22-23(18-20)32-25(26-22)28(16-15-27(6-2)7-3)24(29)14-17-33(30,31)21-11-8-19(4)9-12-21;/h8-13,18H,5-7,14-17H2,1-4H3;1H. The van der Waals surface area contributed by atoms with Crippen LogP contribution in [-0.4, -0.2) is 56.1 Å². The first-order chi connectivity index (χ1) is 15.8. The molecule has 0 saturated carbocycles. The molecule has 0 fully saturated rings. The number of amides is 1. The van der Waals surface area contributed by atoms with Gasteiger partial charge in [0.15, 0.2) is 15.0 Å². The first-order valence-corrected chi connectivity index (χ1v) is 14.0. The number of thiazole rings is 1.